The maximum Gasteiger partial charge on any atom is 0.360 e. The zero-order chi connectivity index (χ0) is 15.4. The number of aliphatic hydroxyl groups is 2. The molecule has 1 aromatic carbocycles. The van der Waals surface area contributed by atoms with Gasteiger partial charge in [0, 0.05) is 10.6 Å². The Bertz CT molecular complexity index is 627. The first-order valence-corrected chi connectivity index (χ1v) is 6.51. The monoisotopic (exact) mass is 311 g/mol. The van der Waals surface area contributed by atoms with Crippen LogP contribution in [0.2, 0.25) is 5.02 Å². The Morgan fingerprint density at radius 1 is 1.43 bits per heavy atom. The van der Waals surface area contributed by atoms with Crippen LogP contribution in [0.1, 0.15) is 10.5 Å². The number of aromatic nitrogens is 3. The molecule has 21 heavy (non-hydrogen) atoms. The first-order valence-electron chi connectivity index (χ1n) is 6.13. The molecule has 1 atom stereocenters. The van der Waals surface area contributed by atoms with Gasteiger partial charge in [-0.1, -0.05) is 28.9 Å². The van der Waals surface area contributed by atoms with Crippen LogP contribution in [0.5, 0.6) is 0 Å². The molecule has 0 saturated carbocycles. The van der Waals surface area contributed by atoms with E-state index < -0.39 is 18.7 Å². The van der Waals surface area contributed by atoms with Crippen LogP contribution in [-0.4, -0.2) is 51.0 Å². The zero-order valence-electron chi connectivity index (χ0n) is 11.2. The van der Waals surface area contributed by atoms with E-state index in [1.165, 1.54) is 11.8 Å². The number of ether oxygens (including phenoxy) is 1. The van der Waals surface area contributed by atoms with Gasteiger partial charge in [0.1, 0.15) is 5.69 Å². The summed E-state index contributed by atoms with van der Waals surface area (Å²) in [4.78, 5) is 11.8. The number of benzene rings is 1. The molecule has 0 bridgehead atoms. The van der Waals surface area contributed by atoms with Crippen molar-refractivity contribution in [1.29, 1.82) is 0 Å². The van der Waals surface area contributed by atoms with Crippen molar-refractivity contribution in [2.24, 2.45) is 0 Å². The highest BCUT2D eigenvalue weighted by atomic mass is 35.5. The van der Waals surface area contributed by atoms with Gasteiger partial charge in [0.05, 0.1) is 26.4 Å². The van der Waals surface area contributed by atoms with Crippen molar-refractivity contribution in [3.8, 4) is 11.3 Å². The number of esters is 1. The van der Waals surface area contributed by atoms with Gasteiger partial charge in [0.25, 0.3) is 0 Å². The molecule has 0 aliphatic heterocycles. The highest BCUT2D eigenvalue weighted by Gasteiger charge is 2.22. The van der Waals surface area contributed by atoms with Gasteiger partial charge >= 0.3 is 5.97 Å². The summed E-state index contributed by atoms with van der Waals surface area (Å²) < 4.78 is 6.02. The Hall–Kier alpha value is -1.96. The van der Waals surface area contributed by atoms with Crippen molar-refractivity contribution in [2.75, 3.05) is 13.7 Å². The minimum Gasteiger partial charge on any atom is -0.464 e. The smallest absolute Gasteiger partial charge is 0.360 e. The van der Waals surface area contributed by atoms with Gasteiger partial charge in [0.2, 0.25) is 0 Å². The van der Waals surface area contributed by atoms with Crippen molar-refractivity contribution in [1.82, 2.24) is 15.0 Å². The third-order valence-electron chi connectivity index (χ3n) is 2.83. The van der Waals surface area contributed by atoms with E-state index in [2.05, 4.69) is 15.0 Å². The SMILES string of the molecule is COC(=O)c1nnn(CC(O)CO)c1-c1ccc(Cl)cc1. The van der Waals surface area contributed by atoms with Gasteiger partial charge in [-0.3, -0.25) is 0 Å². The first-order chi connectivity index (χ1) is 10.1. The van der Waals surface area contributed by atoms with Crippen molar-refractivity contribution in [2.45, 2.75) is 12.6 Å². The quantitative estimate of drug-likeness (QED) is 0.790. The summed E-state index contributed by atoms with van der Waals surface area (Å²) in [5.74, 6) is -0.635. The molecular weight excluding hydrogens is 298 g/mol. The van der Waals surface area contributed by atoms with Gasteiger partial charge in [-0.2, -0.15) is 0 Å². The molecule has 0 amide bonds. The number of carbonyl (C=O) groups excluding carboxylic acids is 1. The molecule has 2 rings (SSSR count). The number of methoxy groups -OCH3 is 1. The van der Waals surface area contributed by atoms with Crippen molar-refractivity contribution in [3.63, 3.8) is 0 Å². The van der Waals surface area contributed by atoms with Crippen molar-refractivity contribution < 1.29 is 19.7 Å². The number of nitrogens with zero attached hydrogens (tertiary/aromatic N) is 3. The van der Waals surface area contributed by atoms with E-state index in [0.717, 1.165) is 0 Å². The molecule has 0 spiro atoms. The summed E-state index contributed by atoms with van der Waals surface area (Å²) >= 11 is 5.85. The summed E-state index contributed by atoms with van der Waals surface area (Å²) in [6.45, 7) is -0.425. The molecule has 1 unspecified atom stereocenters. The van der Waals surface area contributed by atoms with Crippen LogP contribution in [0.4, 0.5) is 0 Å². The summed E-state index contributed by atoms with van der Waals surface area (Å²) in [7, 11) is 1.25. The maximum atomic E-state index is 11.8. The van der Waals surface area contributed by atoms with E-state index in [4.69, 9.17) is 16.7 Å². The lowest BCUT2D eigenvalue weighted by Gasteiger charge is -2.11. The van der Waals surface area contributed by atoms with Crippen molar-refractivity contribution in [3.05, 3.63) is 35.0 Å². The third kappa shape index (κ3) is 3.38. The molecule has 0 radical (unpaired) electrons. The number of halogens is 1. The Kier molecular flexibility index (Phi) is 4.89. The summed E-state index contributed by atoms with van der Waals surface area (Å²) in [5, 5.41) is 26.7. The van der Waals surface area contributed by atoms with Crippen LogP contribution in [0, 0.1) is 0 Å². The fraction of sp³-hybridized carbons (Fsp3) is 0.308. The van der Waals surface area contributed by atoms with Crippen LogP contribution in [-0.2, 0) is 11.3 Å². The van der Waals surface area contributed by atoms with E-state index in [1.807, 2.05) is 0 Å². The van der Waals surface area contributed by atoms with Crippen LogP contribution in [0.25, 0.3) is 11.3 Å². The summed E-state index contributed by atoms with van der Waals surface area (Å²) in [6, 6.07) is 6.74. The number of hydrogen-bond acceptors (Lipinski definition) is 6. The van der Waals surface area contributed by atoms with Crippen LogP contribution in [0.15, 0.2) is 24.3 Å². The van der Waals surface area contributed by atoms with E-state index in [-0.39, 0.29) is 12.2 Å². The summed E-state index contributed by atoms with van der Waals surface area (Å²) in [5.41, 5.74) is 1.07. The number of carbonyl (C=O) groups is 1. The molecule has 0 aliphatic carbocycles. The average Bonchev–Trinajstić information content (AvgIpc) is 2.90. The van der Waals surface area contributed by atoms with Crippen LogP contribution in [0.3, 0.4) is 0 Å². The second-order valence-corrected chi connectivity index (χ2v) is 4.74. The van der Waals surface area contributed by atoms with E-state index in [0.29, 0.717) is 16.3 Å². The molecular formula is C13H14ClN3O4. The topological polar surface area (TPSA) is 97.5 Å². The van der Waals surface area contributed by atoms with Gasteiger partial charge < -0.3 is 14.9 Å². The van der Waals surface area contributed by atoms with Crippen molar-refractivity contribution >= 4 is 17.6 Å². The lowest BCUT2D eigenvalue weighted by molar-refractivity contribution is 0.0594. The minimum atomic E-state index is -1.01. The lowest BCUT2D eigenvalue weighted by Crippen LogP contribution is -2.21. The summed E-state index contributed by atoms with van der Waals surface area (Å²) in [6.07, 6.45) is -1.01. The predicted molar refractivity (Wildman–Crippen MR) is 74.9 cm³/mol. The van der Waals surface area contributed by atoms with Gasteiger partial charge in [-0.15, -0.1) is 5.10 Å². The lowest BCUT2D eigenvalue weighted by atomic mass is 10.1. The number of rotatable bonds is 5. The molecule has 2 aromatic rings. The molecule has 112 valence electrons. The third-order valence-corrected chi connectivity index (χ3v) is 3.08. The van der Waals surface area contributed by atoms with Gasteiger partial charge in [-0.05, 0) is 12.1 Å². The van der Waals surface area contributed by atoms with Gasteiger partial charge in [-0.25, -0.2) is 9.48 Å². The molecule has 8 heteroatoms. The molecule has 0 fully saturated rings. The molecule has 1 aromatic heterocycles. The average molecular weight is 312 g/mol. The van der Waals surface area contributed by atoms with Gasteiger partial charge in [0.15, 0.2) is 5.69 Å². The minimum absolute atomic E-state index is 0.00153. The second-order valence-electron chi connectivity index (χ2n) is 4.30. The highest BCUT2D eigenvalue weighted by molar-refractivity contribution is 6.30. The Morgan fingerprint density at radius 3 is 2.67 bits per heavy atom. The Balaban J connectivity index is 2.50. The van der Waals surface area contributed by atoms with E-state index >= 15 is 0 Å². The largest absolute Gasteiger partial charge is 0.464 e. The Morgan fingerprint density at radius 2 is 2.10 bits per heavy atom. The molecule has 0 saturated heterocycles. The normalized spacial score (nSPS) is 12.2. The Labute approximate surface area is 125 Å². The number of hydrogen-bond donors (Lipinski definition) is 2. The predicted octanol–water partition coefficient (Wildman–Crippen LogP) is 0.738. The first kappa shape index (κ1) is 15.4. The zero-order valence-corrected chi connectivity index (χ0v) is 12.0. The van der Waals surface area contributed by atoms with Crippen LogP contribution >= 0.6 is 11.6 Å². The second kappa shape index (κ2) is 6.66. The molecule has 7 nitrogen and oxygen atoms in total. The molecule has 0 aliphatic rings. The van der Waals surface area contributed by atoms with Crippen LogP contribution < -0.4 is 0 Å². The number of aliphatic hydroxyl groups excluding tert-OH is 2. The molecule has 1 heterocycles. The van der Waals surface area contributed by atoms with E-state index in [1.54, 1.807) is 24.3 Å². The highest BCUT2D eigenvalue weighted by Crippen LogP contribution is 2.24. The fourth-order valence-corrected chi connectivity index (χ4v) is 1.95. The maximum absolute atomic E-state index is 11.8. The standard InChI is InChI=1S/C13H14ClN3O4/c1-21-13(20)11-12(8-2-4-9(14)5-3-8)17(16-15-11)6-10(19)7-18/h2-5,10,18-19H,6-7H2,1H3. The molecule has 2 N–H and O–H groups in total. The fourth-order valence-electron chi connectivity index (χ4n) is 1.83. The van der Waals surface area contributed by atoms with E-state index in [9.17, 15) is 9.90 Å².